The van der Waals surface area contributed by atoms with E-state index in [-0.39, 0.29) is 17.7 Å². The molecule has 5 heteroatoms. The molecule has 3 N–H and O–H groups in total. The summed E-state index contributed by atoms with van der Waals surface area (Å²) in [6, 6.07) is 5.00. The molecule has 0 saturated carbocycles. The van der Waals surface area contributed by atoms with Gasteiger partial charge in [-0.3, -0.25) is 0 Å². The number of hydrogen-bond acceptors (Lipinski definition) is 3. The summed E-state index contributed by atoms with van der Waals surface area (Å²) < 4.78 is 0.817. The number of hydrogen-bond donors (Lipinski definition) is 3. The lowest BCUT2D eigenvalue weighted by Gasteiger charge is -2.31. The molecule has 18 heavy (non-hydrogen) atoms. The molecule has 0 saturated heterocycles. The number of carboxylic acids is 1. The highest BCUT2D eigenvalue weighted by molar-refractivity contribution is 9.10. The standard InChI is InChI=1S/C13H18BrNO3/c1-3-13(2,6-7-16)15-11-8-9(14)4-5-10(11)12(17)18/h4-5,8,15-16H,3,6-7H2,1-2H3,(H,17,18). The van der Waals surface area contributed by atoms with Crippen molar-refractivity contribution >= 4 is 27.6 Å². The molecule has 0 fully saturated rings. The summed E-state index contributed by atoms with van der Waals surface area (Å²) in [7, 11) is 0. The first-order chi connectivity index (χ1) is 8.41. The summed E-state index contributed by atoms with van der Waals surface area (Å²) in [5, 5.41) is 21.5. The minimum absolute atomic E-state index is 0.0632. The van der Waals surface area contributed by atoms with Crippen LogP contribution in [0, 0.1) is 0 Å². The van der Waals surface area contributed by atoms with E-state index in [1.54, 1.807) is 18.2 Å². The van der Waals surface area contributed by atoms with Crippen LogP contribution in [0.2, 0.25) is 0 Å². The summed E-state index contributed by atoms with van der Waals surface area (Å²) in [5.41, 5.74) is 0.477. The van der Waals surface area contributed by atoms with Gasteiger partial charge in [0.05, 0.1) is 11.3 Å². The van der Waals surface area contributed by atoms with Crippen molar-refractivity contribution in [1.82, 2.24) is 0 Å². The van der Waals surface area contributed by atoms with Gasteiger partial charge in [-0.05, 0) is 38.0 Å². The predicted octanol–water partition coefficient (Wildman–Crippen LogP) is 3.11. The molecular formula is C13H18BrNO3. The van der Waals surface area contributed by atoms with Crippen LogP contribution in [0.1, 0.15) is 37.0 Å². The van der Waals surface area contributed by atoms with E-state index < -0.39 is 5.97 Å². The normalized spacial score (nSPS) is 14.0. The molecule has 0 aliphatic heterocycles. The van der Waals surface area contributed by atoms with Crippen LogP contribution in [0.5, 0.6) is 0 Å². The van der Waals surface area contributed by atoms with Gasteiger partial charge in [0, 0.05) is 16.6 Å². The SMILES string of the molecule is CCC(C)(CCO)Nc1cc(Br)ccc1C(=O)O. The Morgan fingerprint density at radius 3 is 2.67 bits per heavy atom. The summed E-state index contributed by atoms with van der Waals surface area (Å²) in [5.74, 6) is -0.965. The fourth-order valence-corrected chi connectivity index (χ4v) is 2.07. The second kappa shape index (κ2) is 6.20. The zero-order valence-corrected chi connectivity index (χ0v) is 12.1. The number of aliphatic hydroxyl groups excluding tert-OH is 1. The fourth-order valence-electron chi connectivity index (χ4n) is 1.71. The van der Waals surface area contributed by atoms with Gasteiger partial charge in [0.2, 0.25) is 0 Å². The van der Waals surface area contributed by atoms with Gasteiger partial charge in [-0.1, -0.05) is 22.9 Å². The molecule has 0 aromatic heterocycles. The number of aliphatic hydroxyl groups is 1. The van der Waals surface area contributed by atoms with Crippen LogP contribution in [0.25, 0.3) is 0 Å². The van der Waals surface area contributed by atoms with Crippen molar-refractivity contribution in [3.63, 3.8) is 0 Å². The van der Waals surface area contributed by atoms with Crippen LogP contribution in [-0.4, -0.2) is 28.3 Å². The molecule has 1 rings (SSSR count). The maximum Gasteiger partial charge on any atom is 0.337 e. The lowest BCUT2D eigenvalue weighted by Crippen LogP contribution is -2.35. The van der Waals surface area contributed by atoms with E-state index in [1.807, 2.05) is 13.8 Å². The Morgan fingerprint density at radius 1 is 1.50 bits per heavy atom. The van der Waals surface area contributed by atoms with E-state index in [4.69, 9.17) is 10.2 Å². The number of aromatic carboxylic acids is 1. The molecule has 0 aliphatic rings. The van der Waals surface area contributed by atoms with Crippen LogP contribution < -0.4 is 5.32 Å². The first-order valence-corrected chi connectivity index (χ1v) is 6.63. The van der Waals surface area contributed by atoms with Crippen LogP contribution >= 0.6 is 15.9 Å². The fraction of sp³-hybridized carbons (Fsp3) is 0.462. The highest BCUT2D eigenvalue weighted by atomic mass is 79.9. The third-order valence-corrected chi connectivity index (χ3v) is 3.59. The maximum absolute atomic E-state index is 11.2. The van der Waals surface area contributed by atoms with Crippen molar-refractivity contribution < 1.29 is 15.0 Å². The topological polar surface area (TPSA) is 69.6 Å². The molecule has 0 bridgehead atoms. The van der Waals surface area contributed by atoms with Gasteiger partial charge in [0.15, 0.2) is 0 Å². The number of anilines is 1. The first kappa shape index (κ1) is 15.0. The van der Waals surface area contributed by atoms with Crippen molar-refractivity contribution in [3.8, 4) is 0 Å². The minimum Gasteiger partial charge on any atom is -0.478 e. The van der Waals surface area contributed by atoms with Gasteiger partial charge in [-0.15, -0.1) is 0 Å². The molecule has 1 aromatic carbocycles. The van der Waals surface area contributed by atoms with Crippen molar-refractivity contribution in [3.05, 3.63) is 28.2 Å². The lowest BCUT2D eigenvalue weighted by molar-refractivity contribution is 0.0698. The molecule has 4 nitrogen and oxygen atoms in total. The quantitative estimate of drug-likeness (QED) is 0.754. The van der Waals surface area contributed by atoms with E-state index in [2.05, 4.69) is 21.2 Å². The van der Waals surface area contributed by atoms with Gasteiger partial charge in [-0.25, -0.2) is 4.79 Å². The number of halogens is 1. The van der Waals surface area contributed by atoms with Crippen molar-refractivity contribution in [1.29, 1.82) is 0 Å². The van der Waals surface area contributed by atoms with Crippen molar-refractivity contribution in [2.24, 2.45) is 0 Å². The summed E-state index contributed by atoms with van der Waals surface area (Å²) >= 11 is 3.33. The Bertz CT molecular complexity index is 436. The molecule has 0 spiro atoms. The summed E-state index contributed by atoms with van der Waals surface area (Å²) in [4.78, 5) is 11.2. The molecule has 1 unspecified atom stereocenters. The van der Waals surface area contributed by atoms with E-state index in [0.29, 0.717) is 12.1 Å². The monoisotopic (exact) mass is 315 g/mol. The van der Waals surface area contributed by atoms with Crippen LogP contribution in [0.3, 0.4) is 0 Å². The minimum atomic E-state index is -0.965. The first-order valence-electron chi connectivity index (χ1n) is 5.84. The highest BCUT2D eigenvalue weighted by Gasteiger charge is 2.23. The molecule has 0 amide bonds. The predicted molar refractivity (Wildman–Crippen MR) is 75.1 cm³/mol. The van der Waals surface area contributed by atoms with Crippen LogP contribution in [0.15, 0.2) is 22.7 Å². The summed E-state index contributed by atoms with van der Waals surface area (Å²) in [6.45, 7) is 4.03. The largest absolute Gasteiger partial charge is 0.478 e. The average Bonchev–Trinajstić information content (AvgIpc) is 2.29. The second-order valence-electron chi connectivity index (χ2n) is 4.51. The third kappa shape index (κ3) is 3.71. The second-order valence-corrected chi connectivity index (χ2v) is 5.42. The molecule has 0 heterocycles. The third-order valence-electron chi connectivity index (χ3n) is 3.09. The van der Waals surface area contributed by atoms with E-state index in [0.717, 1.165) is 10.9 Å². The van der Waals surface area contributed by atoms with Crippen LogP contribution in [0.4, 0.5) is 5.69 Å². The molecule has 1 aromatic rings. The zero-order chi connectivity index (χ0) is 13.8. The smallest absolute Gasteiger partial charge is 0.337 e. The van der Waals surface area contributed by atoms with Gasteiger partial charge in [0.25, 0.3) is 0 Å². The Morgan fingerprint density at radius 2 is 2.17 bits per heavy atom. The van der Waals surface area contributed by atoms with Gasteiger partial charge >= 0.3 is 5.97 Å². The molecular weight excluding hydrogens is 298 g/mol. The van der Waals surface area contributed by atoms with Gasteiger partial charge < -0.3 is 15.5 Å². The van der Waals surface area contributed by atoms with E-state index in [1.165, 1.54) is 0 Å². The van der Waals surface area contributed by atoms with E-state index in [9.17, 15) is 4.79 Å². The van der Waals surface area contributed by atoms with Crippen molar-refractivity contribution in [2.75, 3.05) is 11.9 Å². The average molecular weight is 316 g/mol. The van der Waals surface area contributed by atoms with E-state index >= 15 is 0 Å². The number of carbonyl (C=O) groups is 1. The highest BCUT2D eigenvalue weighted by Crippen LogP contribution is 2.27. The van der Waals surface area contributed by atoms with Crippen LogP contribution in [-0.2, 0) is 0 Å². The molecule has 100 valence electrons. The summed E-state index contributed by atoms with van der Waals surface area (Å²) in [6.07, 6.45) is 1.36. The maximum atomic E-state index is 11.2. The van der Waals surface area contributed by atoms with Gasteiger partial charge in [-0.2, -0.15) is 0 Å². The Hall–Kier alpha value is -1.07. The molecule has 0 radical (unpaired) electrons. The Balaban J connectivity index is 3.08. The van der Waals surface area contributed by atoms with Crippen molar-refractivity contribution in [2.45, 2.75) is 32.2 Å². The molecule has 0 aliphatic carbocycles. The number of rotatable bonds is 6. The Labute approximate surface area is 115 Å². The Kier molecular flexibility index (Phi) is 5.16. The molecule has 1 atom stereocenters. The van der Waals surface area contributed by atoms with Gasteiger partial charge in [0.1, 0.15) is 0 Å². The number of benzene rings is 1. The number of nitrogens with one attached hydrogen (secondary N) is 1. The number of carboxylic acid groups (broad SMARTS) is 1. The zero-order valence-electron chi connectivity index (χ0n) is 10.5. The lowest BCUT2D eigenvalue weighted by atomic mass is 9.94.